The van der Waals surface area contributed by atoms with E-state index in [4.69, 9.17) is 14.6 Å². The lowest BCUT2D eigenvalue weighted by Gasteiger charge is -2.32. The molecule has 0 aromatic carbocycles. The van der Waals surface area contributed by atoms with Gasteiger partial charge in [0.1, 0.15) is 24.4 Å². The first-order valence-corrected chi connectivity index (χ1v) is 3.51. The molecule has 2 aliphatic rings. The Kier molecular flexibility index (Phi) is 1.62. The lowest BCUT2D eigenvalue weighted by atomic mass is 10.0. The molecule has 0 amide bonds. The standard InChI is InChI=1S/C6H10O5/c7-3-2-1-10-6(11-2)5(9)4(3)8/h2-9H,1H2/t2-,3-,4+,5-,6-/m0/s1. The number of aliphatic hydroxyl groups is 3. The predicted molar refractivity (Wildman–Crippen MR) is 32.6 cm³/mol. The maximum Gasteiger partial charge on any atom is 0.186 e. The number of ether oxygens (including phenoxy) is 2. The summed E-state index contributed by atoms with van der Waals surface area (Å²) >= 11 is 0. The number of rotatable bonds is 0. The minimum Gasteiger partial charge on any atom is -0.387 e. The molecule has 0 spiro atoms. The van der Waals surface area contributed by atoms with Crippen LogP contribution in [0.25, 0.3) is 0 Å². The summed E-state index contributed by atoms with van der Waals surface area (Å²) in [5, 5.41) is 27.6. The van der Waals surface area contributed by atoms with Gasteiger partial charge in [-0.3, -0.25) is 0 Å². The molecule has 11 heavy (non-hydrogen) atoms. The van der Waals surface area contributed by atoms with Crippen molar-refractivity contribution in [1.29, 1.82) is 0 Å². The van der Waals surface area contributed by atoms with E-state index in [0.717, 1.165) is 0 Å². The third-order valence-electron chi connectivity index (χ3n) is 2.09. The third-order valence-corrected chi connectivity index (χ3v) is 2.09. The molecular weight excluding hydrogens is 152 g/mol. The second kappa shape index (κ2) is 2.40. The van der Waals surface area contributed by atoms with Gasteiger partial charge in [0.25, 0.3) is 0 Å². The van der Waals surface area contributed by atoms with E-state index in [1.54, 1.807) is 0 Å². The van der Waals surface area contributed by atoms with E-state index in [1.807, 2.05) is 0 Å². The monoisotopic (exact) mass is 162 g/mol. The normalized spacial score (nSPS) is 56.5. The minimum atomic E-state index is -1.15. The molecular formula is C6H10O5. The van der Waals surface area contributed by atoms with Crippen LogP contribution in [0, 0.1) is 0 Å². The van der Waals surface area contributed by atoms with Crippen molar-refractivity contribution < 1.29 is 24.8 Å². The fraction of sp³-hybridized carbons (Fsp3) is 1.00. The molecule has 2 aliphatic heterocycles. The van der Waals surface area contributed by atoms with Gasteiger partial charge in [-0.15, -0.1) is 0 Å². The first kappa shape index (κ1) is 7.45. The lowest BCUT2D eigenvalue weighted by Crippen LogP contribution is -2.53. The molecule has 0 aromatic rings. The number of fused-ring (bicyclic) bond motifs is 2. The molecule has 0 unspecified atom stereocenters. The summed E-state index contributed by atoms with van der Waals surface area (Å²) in [6.07, 6.45) is -4.58. The largest absolute Gasteiger partial charge is 0.387 e. The highest BCUT2D eigenvalue weighted by Gasteiger charge is 2.48. The topological polar surface area (TPSA) is 79.2 Å². The van der Waals surface area contributed by atoms with Crippen LogP contribution in [-0.4, -0.2) is 52.6 Å². The van der Waals surface area contributed by atoms with Gasteiger partial charge in [-0.05, 0) is 0 Å². The Morgan fingerprint density at radius 1 is 1.00 bits per heavy atom. The zero-order chi connectivity index (χ0) is 8.01. The van der Waals surface area contributed by atoms with E-state index in [-0.39, 0.29) is 6.61 Å². The maximum absolute atomic E-state index is 9.22. The predicted octanol–water partition coefficient (Wildman–Crippen LogP) is -2.18. The summed E-state index contributed by atoms with van der Waals surface area (Å²) in [5.74, 6) is 0. The van der Waals surface area contributed by atoms with Crippen molar-refractivity contribution in [3.05, 3.63) is 0 Å². The van der Waals surface area contributed by atoms with Gasteiger partial charge in [0.15, 0.2) is 6.29 Å². The van der Waals surface area contributed by atoms with Gasteiger partial charge >= 0.3 is 0 Å². The molecule has 0 radical (unpaired) electrons. The highest BCUT2D eigenvalue weighted by Crippen LogP contribution is 2.27. The molecule has 2 rings (SSSR count). The summed E-state index contributed by atoms with van der Waals surface area (Å²) in [6, 6.07) is 0. The van der Waals surface area contributed by atoms with Crippen molar-refractivity contribution in [3.63, 3.8) is 0 Å². The van der Waals surface area contributed by atoms with Gasteiger partial charge in [0.05, 0.1) is 6.61 Å². The van der Waals surface area contributed by atoms with Gasteiger partial charge < -0.3 is 24.8 Å². The van der Waals surface area contributed by atoms with Crippen LogP contribution in [-0.2, 0) is 9.47 Å². The van der Waals surface area contributed by atoms with E-state index in [1.165, 1.54) is 0 Å². The fourth-order valence-electron chi connectivity index (χ4n) is 1.38. The molecule has 5 heteroatoms. The first-order chi connectivity index (χ1) is 5.20. The van der Waals surface area contributed by atoms with E-state index < -0.39 is 30.7 Å². The summed E-state index contributed by atoms with van der Waals surface area (Å²) in [4.78, 5) is 0. The van der Waals surface area contributed by atoms with Gasteiger partial charge in [-0.25, -0.2) is 0 Å². The van der Waals surface area contributed by atoms with E-state index in [0.29, 0.717) is 0 Å². The van der Waals surface area contributed by atoms with Crippen molar-refractivity contribution >= 4 is 0 Å². The average molecular weight is 162 g/mol. The summed E-state index contributed by atoms with van der Waals surface area (Å²) in [6.45, 7) is 0.236. The molecule has 0 aliphatic carbocycles. The van der Waals surface area contributed by atoms with E-state index >= 15 is 0 Å². The zero-order valence-electron chi connectivity index (χ0n) is 5.75. The first-order valence-electron chi connectivity index (χ1n) is 3.51. The smallest absolute Gasteiger partial charge is 0.186 e. The molecule has 3 N–H and O–H groups in total. The summed E-state index contributed by atoms with van der Waals surface area (Å²) in [7, 11) is 0. The Hall–Kier alpha value is -0.200. The molecule has 2 heterocycles. The van der Waals surface area contributed by atoms with Gasteiger partial charge in [-0.1, -0.05) is 0 Å². The summed E-state index contributed by atoms with van der Waals surface area (Å²) in [5.41, 5.74) is 0. The Labute approximate surface area is 63.2 Å². The van der Waals surface area contributed by atoms with Crippen molar-refractivity contribution in [2.45, 2.75) is 30.7 Å². The highest BCUT2D eigenvalue weighted by molar-refractivity contribution is 4.92. The van der Waals surface area contributed by atoms with Crippen LogP contribution in [0.5, 0.6) is 0 Å². The molecule has 2 fully saturated rings. The minimum absolute atomic E-state index is 0.236. The summed E-state index contributed by atoms with van der Waals surface area (Å²) < 4.78 is 9.95. The fourth-order valence-corrected chi connectivity index (χ4v) is 1.38. The number of hydrogen-bond donors (Lipinski definition) is 3. The molecule has 2 bridgehead atoms. The lowest BCUT2D eigenvalue weighted by molar-refractivity contribution is -0.228. The number of aliphatic hydroxyl groups excluding tert-OH is 3. The van der Waals surface area contributed by atoms with Crippen LogP contribution < -0.4 is 0 Å². The molecule has 2 saturated heterocycles. The quantitative estimate of drug-likeness (QED) is 0.377. The molecule has 5 atom stereocenters. The second-order valence-electron chi connectivity index (χ2n) is 2.85. The average Bonchev–Trinajstić information content (AvgIpc) is 2.44. The molecule has 5 nitrogen and oxygen atoms in total. The Balaban J connectivity index is 2.16. The Morgan fingerprint density at radius 3 is 2.45 bits per heavy atom. The Morgan fingerprint density at radius 2 is 1.73 bits per heavy atom. The van der Waals surface area contributed by atoms with Crippen molar-refractivity contribution in [3.8, 4) is 0 Å². The second-order valence-corrected chi connectivity index (χ2v) is 2.85. The third kappa shape index (κ3) is 0.969. The molecule has 64 valence electrons. The van der Waals surface area contributed by atoms with Crippen LogP contribution in [0.3, 0.4) is 0 Å². The van der Waals surface area contributed by atoms with Crippen LogP contribution in [0.1, 0.15) is 0 Å². The maximum atomic E-state index is 9.22. The van der Waals surface area contributed by atoms with Gasteiger partial charge in [-0.2, -0.15) is 0 Å². The van der Waals surface area contributed by atoms with Crippen molar-refractivity contribution in [2.75, 3.05) is 6.61 Å². The zero-order valence-corrected chi connectivity index (χ0v) is 5.75. The van der Waals surface area contributed by atoms with Crippen LogP contribution in [0.2, 0.25) is 0 Å². The highest BCUT2D eigenvalue weighted by atomic mass is 16.7. The van der Waals surface area contributed by atoms with Crippen LogP contribution in [0.15, 0.2) is 0 Å². The van der Waals surface area contributed by atoms with Crippen LogP contribution >= 0.6 is 0 Å². The Bertz CT molecular complexity index is 141. The van der Waals surface area contributed by atoms with Crippen molar-refractivity contribution in [1.82, 2.24) is 0 Å². The van der Waals surface area contributed by atoms with Gasteiger partial charge in [0.2, 0.25) is 0 Å². The van der Waals surface area contributed by atoms with Crippen molar-refractivity contribution in [2.24, 2.45) is 0 Å². The van der Waals surface area contributed by atoms with E-state index in [2.05, 4.69) is 0 Å². The number of hydrogen-bond acceptors (Lipinski definition) is 5. The SMILES string of the molecule is O[C@H]1[C@H](O)[C@H]2OC[C@H](O2)[C@@H]1O. The van der Waals surface area contributed by atoms with Gasteiger partial charge in [0, 0.05) is 0 Å². The van der Waals surface area contributed by atoms with E-state index in [9.17, 15) is 10.2 Å². The molecule has 0 saturated carbocycles. The molecule has 0 aromatic heterocycles. The van der Waals surface area contributed by atoms with Crippen LogP contribution in [0.4, 0.5) is 0 Å².